The van der Waals surface area contributed by atoms with Crippen LogP contribution in [0.25, 0.3) is 11.4 Å². The number of nitrogens with zero attached hydrogens (tertiary/aromatic N) is 4. The Bertz CT molecular complexity index is 1000. The lowest BCUT2D eigenvalue weighted by molar-refractivity contribution is 0.414. The van der Waals surface area contributed by atoms with E-state index in [1.807, 2.05) is 48.8 Å². The summed E-state index contributed by atoms with van der Waals surface area (Å²) in [7, 11) is 3.72. The van der Waals surface area contributed by atoms with E-state index in [0.717, 1.165) is 60.1 Å². The maximum Gasteiger partial charge on any atom is 0.197 e. The molecular weight excluding hydrogens is 384 g/mol. The number of rotatable bonds is 6. The Morgan fingerprint density at radius 2 is 2.07 bits per heavy atom. The van der Waals surface area contributed by atoms with Gasteiger partial charge in [0, 0.05) is 32.1 Å². The topological polar surface area (TPSA) is 74.7 Å². The molecular formula is C21H24N6OS. The molecule has 4 rings (SSSR count). The second-order valence-electron chi connectivity index (χ2n) is 6.76. The SMILES string of the molecule is COc1cccc(CN(C)c2cccc(-c3csc(NC4=NCCCN4)n3)n2)c1. The fourth-order valence-corrected chi connectivity index (χ4v) is 3.77. The van der Waals surface area contributed by atoms with Crippen molar-refractivity contribution >= 4 is 28.2 Å². The zero-order chi connectivity index (χ0) is 20.1. The standard InChI is InChI=1S/C21H24N6OS/c1-27(13-15-6-3-7-16(12-15)28-2)19-9-4-8-17(24-19)18-14-29-21(25-18)26-20-22-10-5-11-23-20/h3-4,6-9,12,14H,5,10-11,13H2,1-2H3,(H2,22,23,25,26). The number of ether oxygens (including phenoxy) is 1. The van der Waals surface area contributed by atoms with Crippen LogP contribution >= 0.6 is 11.3 Å². The van der Waals surface area contributed by atoms with Crippen LogP contribution in [0.4, 0.5) is 10.9 Å². The van der Waals surface area contributed by atoms with Crippen molar-refractivity contribution in [3.63, 3.8) is 0 Å². The molecule has 1 aromatic carbocycles. The number of aromatic nitrogens is 2. The molecule has 7 nitrogen and oxygen atoms in total. The van der Waals surface area contributed by atoms with Crippen molar-refractivity contribution in [1.29, 1.82) is 0 Å². The molecule has 3 aromatic rings. The number of hydrogen-bond donors (Lipinski definition) is 2. The van der Waals surface area contributed by atoms with E-state index in [2.05, 4.69) is 31.6 Å². The van der Waals surface area contributed by atoms with Crippen molar-refractivity contribution in [1.82, 2.24) is 15.3 Å². The highest BCUT2D eigenvalue weighted by atomic mass is 32.1. The van der Waals surface area contributed by atoms with Crippen LogP contribution in [0, 0.1) is 0 Å². The number of nitrogens with one attached hydrogen (secondary N) is 2. The number of anilines is 2. The third-order valence-corrected chi connectivity index (χ3v) is 5.33. The van der Waals surface area contributed by atoms with Crippen LogP contribution in [0.2, 0.25) is 0 Å². The number of pyridine rings is 1. The number of aliphatic imine (C=N–C) groups is 1. The van der Waals surface area contributed by atoms with Crippen molar-refractivity contribution in [2.75, 3.05) is 37.5 Å². The third-order valence-electron chi connectivity index (χ3n) is 4.57. The van der Waals surface area contributed by atoms with Crippen molar-refractivity contribution in [2.24, 2.45) is 4.99 Å². The van der Waals surface area contributed by atoms with Crippen LogP contribution in [0.5, 0.6) is 5.75 Å². The highest BCUT2D eigenvalue weighted by Crippen LogP contribution is 2.26. The van der Waals surface area contributed by atoms with Crippen LogP contribution in [-0.4, -0.2) is 43.2 Å². The first-order chi connectivity index (χ1) is 14.2. The Morgan fingerprint density at radius 3 is 2.90 bits per heavy atom. The van der Waals surface area contributed by atoms with Gasteiger partial charge in [-0.1, -0.05) is 18.2 Å². The van der Waals surface area contributed by atoms with Gasteiger partial charge in [-0.15, -0.1) is 11.3 Å². The molecule has 0 amide bonds. The molecule has 0 unspecified atom stereocenters. The van der Waals surface area contributed by atoms with Gasteiger partial charge in [0.1, 0.15) is 17.3 Å². The molecule has 0 saturated heterocycles. The summed E-state index contributed by atoms with van der Waals surface area (Å²) in [4.78, 5) is 16.0. The summed E-state index contributed by atoms with van der Waals surface area (Å²) >= 11 is 1.55. The molecule has 1 aliphatic rings. The van der Waals surface area contributed by atoms with Gasteiger partial charge < -0.3 is 20.3 Å². The monoisotopic (exact) mass is 408 g/mol. The second kappa shape index (κ2) is 8.91. The van der Waals surface area contributed by atoms with Gasteiger partial charge in [-0.25, -0.2) is 9.97 Å². The number of hydrogen-bond acceptors (Lipinski definition) is 8. The molecule has 0 fully saturated rings. The van der Waals surface area contributed by atoms with Gasteiger partial charge in [0.05, 0.1) is 12.8 Å². The molecule has 0 spiro atoms. The highest BCUT2D eigenvalue weighted by Gasteiger charge is 2.11. The lowest BCUT2D eigenvalue weighted by Gasteiger charge is -2.19. The average molecular weight is 409 g/mol. The molecule has 150 valence electrons. The lowest BCUT2D eigenvalue weighted by atomic mass is 10.2. The van der Waals surface area contributed by atoms with Crippen molar-refractivity contribution < 1.29 is 4.74 Å². The lowest BCUT2D eigenvalue weighted by Crippen LogP contribution is -2.35. The molecule has 2 aromatic heterocycles. The van der Waals surface area contributed by atoms with Crippen LogP contribution in [-0.2, 0) is 6.54 Å². The van der Waals surface area contributed by atoms with E-state index in [1.54, 1.807) is 18.4 Å². The summed E-state index contributed by atoms with van der Waals surface area (Å²) < 4.78 is 5.32. The molecule has 0 radical (unpaired) electrons. The molecule has 2 N–H and O–H groups in total. The normalized spacial score (nSPS) is 13.4. The summed E-state index contributed by atoms with van der Waals surface area (Å²) in [5.74, 6) is 2.54. The van der Waals surface area contributed by atoms with Crippen molar-refractivity contribution in [3.05, 3.63) is 53.4 Å². The molecule has 0 bridgehead atoms. The fourth-order valence-electron chi connectivity index (χ4n) is 3.07. The van der Waals surface area contributed by atoms with E-state index in [0.29, 0.717) is 0 Å². The number of methoxy groups -OCH3 is 1. The zero-order valence-electron chi connectivity index (χ0n) is 16.6. The molecule has 0 aliphatic carbocycles. The third kappa shape index (κ3) is 4.83. The average Bonchev–Trinajstić information content (AvgIpc) is 3.23. The Balaban J connectivity index is 1.47. The van der Waals surface area contributed by atoms with Gasteiger partial charge in [-0.05, 0) is 36.2 Å². The number of benzene rings is 1. The van der Waals surface area contributed by atoms with Crippen LogP contribution in [0.1, 0.15) is 12.0 Å². The molecule has 8 heteroatoms. The summed E-state index contributed by atoms with van der Waals surface area (Å²) in [5, 5.41) is 9.32. The van der Waals surface area contributed by atoms with Gasteiger partial charge in [0.2, 0.25) is 0 Å². The first-order valence-corrected chi connectivity index (χ1v) is 10.4. The molecule has 1 aliphatic heterocycles. The minimum absolute atomic E-state index is 0.739. The summed E-state index contributed by atoms with van der Waals surface area (Å²) in [6.07, 6.45) is 1.06. The van der Waals surface area contributed by atoms with E-state index in [4.69, 9.17) is 9.72 Å². The van der Waals surface area contributed by atoms with Gasteiger partial charge in [-0.3, -0.25) is 4.99 Å². The van der Waals surface area contributed by atoms with E-state index in [1.165, 1.54) is 5.56 Å². The van der Waals surface area contributed by atoms with Crippen molar-refractivity contribution in [2.45, 2.75) is 13.0 Å². The highest BCUT2D eigenvalue weighted by molar-refractivity contribution is 7.14. The van der Waals surface area contributed by atoms with E-state index < -0.39 is 0 Å². The smallest absolute Gasteiger partial charge is 0.197 e. The van der Waals surface area contributed by atoms with Crippen molar-refractivity contribution in [3.8, 4) is 17.1 Å². The number of thiazole rings is 1. The fraction of sp³-hybridized carbons (Fsp3) is 0.286. The Hall–Kier alpha value is -3.13. The number of guanidine groups is 1. The first kappa shape index (κ1) is 19.2. The summed E-state index contributed by atoms with van der Waals surface area (Å²) in [5.41, 5.74) is 2.87. The van der Waals surface area contributed by atoms with Crippen LogP contribution < -0.4 is 20.3 Å². The summed E-state index contributed by atoms with van der Waals surface area (Å²) in [6.45, 7) is 2.52. The Labute approximate surface area is 174 Å². The largest absolute Gasteiger partial charge is 0.497 e. The van der Waals surface area contributed by atoms with Gasteiger partial charge in [-0.2, -0.15) is 0 Å². The van der Waals surface area contributed by atoms with Gasteiger partial charge in [0.25, 0.3) is 0 Å². The van der Waals surface area contributed by atoms with E-state index >= 15 is 0 Å². The molecule has 29 heavy (non-hydrogen) atoms. The minimum atomic E-state index is 0.739. The predicted octanol–water partition coefficient (Wildman–Crippen LogP) is 3.61. The summed E-state index contributed by atoms with van der Waals surface area (Å²) in [6, 6.07) is 14.1. The Kier molecular flexibility index (Phi) is 5.90. The quantitative estimate of drug-likeness (QED) is 0.649. The maximum atomic E-state index is 5.32. The van der Waals surface area contributed by atoms with E-state index in [9.17, 15) is 0 Å². The Morgan fingerprint density at radius 1 is 1.17 bits per heavy atom. The minimum Gasteiger partial charge on any atom is -0.497 e. The molecule has 0 atom stereocenters. The molecule has 0 saturated carbocycles. The first-order valence-electron chi connectivity index (χ1n) is 9.53. The maximum absolute atomic E-state index is 5.32. The van der Waals surface area contributed by atoms with Crippen LogP contribution in [0.3, 0.4) is 0 Å². The zero-order valence-corrected chi connectivity index (χ0v) is 17.4. The second-order valence-corrected chi connectivity index (χ2v) is 7.62. The predicted molar refractivity (Wildman–Crippen MR) is 119 cm³/mol. The molecule has 3 heterocycles. The van der Waals surface area contributed by atoms with Crippen LogP contribution in [0.15, 0.2) is 52.8 Å². The van der Waals surface area contributed by atoms with E-state index in [-0.39, 0.29) is 0 Å². The van der Waals surface area contributed by atoms with Gasteiger partial charge >= 0.3 is 0 Å². The van der Waals surface area contributed by atoms with Gasteiger partial charge in [0.15, 0.2) is 11.1 Å².